The lowest BCUT2D eigenvalue weighted by Gasteiger charge is -2.27. The maximum atomic E-state index is 13.7. The first-order chi connectivity index (χ1) is 17.5. The predicted octanol–water partition coefficient (Wildman–Crippen LogP) is 5.45. The lowest BCUT2D eigenvalue weighted by Crippen LogP contribution is -2.31. The Kier molecular flexibility index (Phi) is 6.29. The van der Waals surface area contributed by atoms with Crippen LogP contribution in [0.2, 0.25) is 0 Å². The van der Waals surface area contributed by atoms with E-state index < -0.39 is 23.5 Å². The van der Waals surface area contributed by atoms with Gasteiger partial charge in [0.15, 0.2) is 11.5 Å². The quantitative estimate of drug-likeness (QED) is 0.337. The van der Waals surface area contributed by atoms with Crippen molar-refractivity contribution in [3.8, 4) is 0 Å². The Hall–Kier alpha value is -4.39. The Labute approximate surface area is 209 Å². The van der Waals surface area contributed by atoms with Gasteiger partial charge in [0.25, 0.3) is 5.91 Å². The van der Waals surface area contributed by atoms with Crippen molar-refractivity contribution in [3.05, 3.63) is 107 Å². The number of carbonyl (C=O) groups is 2. The molecule has 2 aromatic carbocycles. The Morgan fingerprint density at radius 2 is 1.75 bits per heavy atom. The number of ketones is 1. The van der Waals surface area contributed by atoms with Crippen LogP contribution in [0, 0.1) is 0 Å². The van der Waals surface area contributed by atoms with Gasteiger partial charge in [0.05, 0.1) is 23.9 Å². The zero-order valence-corrected chi connectivity index (χ0v) is 20.2. The van der Waals surface area contributed by atoms with E-state index in [1.807, 2.05) is 54.6 Å². The number of carbonyl (C=O) groups excluding carboxylic acids is 2. The standard InChI is InChI=1S/C29H27N3O4/c1-3-31(4-2)22-14-12-19(13-15-22)26-25(27(33)24-17-20-9-5-6-11-23(20)36-24)28(34)29(35)32(26)18-21-10-7-8-16-30-21/h5-17,26,34H,3-4,18H2,1-2H3. The summed E-state index contributed by atoms with van der Waals surface area (Å²) in [6.45, 7) is 6.04. The Bertz CT molecular complexity index is 1400. The van der Waals surface area contributed by atoms with E-state index in [0.29, 0.717) is 11.3 Å². The summed E-state index contributed by atoms with van der Waals surface area (Å²) in [6, 6.07) is 21.4. The highest BCUT2D eigenvalue weighted by Crippen LogP contribution is 2.40. The molecule has 4 aromatic rings. The van der Waals surface area contributed by atoms with Crippen molar-refractivity contribution in [1.29, 1.82) is 0 Å². The number of rotatable bonds is 8. The summed E-state index contributed by atoms with van der Waals surface area (Å²) in [5, 5.41) is 11.7. The number of aliphatic hydroxyl groups is 1. The molecule has 1 amide bonds. The second-order valence-corrected chi connectivity index (χ2v) is 8.66. The number of furan rings is 1. The number of anilines is 1. The molecule has 1 aliphatic rings. The van der Waals surface area contributed by atoms with E-state index in [1.54, 1.807) is 24.4 Å². The van der Waals surface area contributed by atoms with Crippen LogP contribution in [0.1, 0.15) is 41.7 Å². The molecule has 0 spiro atoms. The molecule has 182 valence electrons. The smallest absolute Gasteiger partial charge is 0.290 e. The van der Waals surface area contributed by atoms with E-state index in [1.165, 1.54) is 4.90 Å². The topological polar surface area (TPSA) is 86.9 Å². The van der Waals surface area contributed by atoms with Gasteiger partial charge in [-0.3, -0.25) is 14.6 Å². The van der Waals surface area contributed by atoms with E-state index in [9.17, 15) is 14.7 Å². The number of hydrogen-bond acceptors (Lipinski definition) is 6. The monoisotopic (exact) mass is 481 g/mol. The molecule has 0 radical (unpaired) electrons. The zero-order chi connectivity index (χ0) is 25.2. The highest BCUT2D eigenvalue weighted by molar-refractivity contribution is 6.16. The Balaban J connectivity index is 1.58. The predicted molar refractivity (Wildman–Crippen MR) is 138 cm³/mol. The molecule has 5 rings (SSSR count). The number of benzene rings is 2. The van der Waals surface area contributed by atoms with E-state index >= 15 is 0 Å². The Morgan fingerprint density at radius 1 is 1.03 bits per heavy atom. The van der Waals surface area contributed by atoms with Crippen molar-refractivity contribution in [1.82, 2.24) is 9.88 Å². The average Bonchev–Trinajstić information content (AvgIpc) is 3.45. The number of pyridine rings is 1. The first kappa shape index (κ1) is 23.4. The summed E-state index contributed by atoms with van der Waals surface area (Å²) >= 11 is 0. The number of para-hydroxylation sites is 1. The van der Waals surface area contributed by atoms with E-state index in [-0.39, 0.29) is 17.9 Å². The molecule has 0 bridgehead atoms. The third-order valence-corrected chi connectivity index (χ3v) is 6.59. The molecule has 7 heteroatoms. The fourth-order valence-corrected chi connectivity index (χ4v) is 4.74. The lowest BCUT2D eigenvalue weighted by molar-refractivity contribution is -0.130. The van der Waals surface area contributed by atoms with Crippen molar-refractivity contribution in [3.63, 3.8) is 0 Å². The highest BCUT2D eigenvalue weighted by atomic mass is 16.3. The normalized spacial score (nSPS) is 15.7. The first-order valence-corrected chi connectivity index (χ1v) is 12.0. The molecule has 0 aliphatic carbocycles. The van der Waals surface area contributed by atoms with Gasteiger partial charge in [0, 0.05) is 30.4 Å². The third-order valence-electron chi connectivity index (χ3n) is 6.59. The van der Waals surface area contributed by atoms with Crippen LogP contribution in [0.5, 0.6) is 0 Å². The molecule has 7 nitrogen and oxygen atoms in total. The average molecular weight is 482 g/mol. The summed E-state index contributed by atoms with van der Waals surface area (Å²) in [4.78, 5) is 35.0. The minimum atomic E-state index is -0.786. The molecule has 1 aliphatic heterocycles. The van der Waals surface area contributed by atoms with Gasteiger partial charge >= 0.3 is 0 Å². The zero-order valence-electron chi connectivity index (χ0n) is 20.2. The third kappa shape index (κ3) is 4.13. The van der Waals surface area contributed by atoms with Crippen LogP contribution < -0.4 is 4.90 Å². The molecule has 1 atom stereocenters. The fraction of sp³-hybridized carbons (Fsp3) is 0.207. The molecule has 1 N–H and O–H groups in total. The molecule has 0 saturated heterocycles. The van der Waals surface area contributed by atoms with Gasteiger partial charge in [-0.25, -0.2) is 0 Å². The van der Waals surface area contributed by atoms with Crippen LogP contribution in [-0.4, -0.2) is 39.8 Å². The number of fused-ring (bicyclic) bond motifs is 1. The van der Waals surface area contributed by atoms with Gasteiger partial charge in [-0.1, -0.05) is 36.4 Å². The molecule has 36 heavy (non-hydrogen) atoms. The molecule has 0 fully saturated rings. The second-order valence-electron chi connectivity index (χ2n) is 8.66. The van der Waals surface area contributed by atoms with Crippen molar-refractivity contribution < 1.29 is 19.1 Å². The number of nitrogens with zero attached hydrogens (tertiary/aromatic N) is 3. The van der Waals surface area contributed by atoms with Gasteiger partial charge in [-0.05, 0) is 55.8 Å². The maximum Gasteiger partial charge on any atom is 0.290 e. The van der Waals surface area contributed by atoms with E-state index in [0.717, 1.165) is 29.7 Å². The van der Waals surface area contributed by atoms with Crippen LogP contribution in [0.15, 0.2) is 94.7 Å². The highest BCUT2D eigenvalue weighted by Gasteiger charge is 2.44. The summed E-state index contributed by atoms with van der Waals surface area (Å²) < 4.78 is 5.80. The van der Waals surface area contributed by atoms with Crippen LogP contribution in [-0.2, 0) is 11.3 Å². The van der Waals surface area contributed by atoms with Crippen molar-refractivity contribution in [2.75, 3.05) is 18.0 Å². The number of aliphatic hydroxyl groups excluding tert-OH is 1. The largest absolute Gasteiger partial charge is 0.503 e. The van der Waals surface area contributed by atoms with Crippen LogP contribution in [0.3, 0.4) is 0 Å². The summed E-state index contributed by atoms with van der Waals surface area (Å²) in [7, 11) is 0. The van der Waals surface area contributed by atoms with Crippen LogP contribution in [0.4, 0.5) is 5.69 Å². The number of amides is 1. The minimum absolute atomic E-state index is 0.00516. The molecule has 0 saturated carbocycles. The number of Topliss-reactive ketones (excluding diaryl/α,β-unsaturated/α-hetero) is 1. The SMILES string of the molecule is CCN(CC)c1ccc(C2C(C(=O)c3cc4ccccc4o3)=C(O)C(=O)N2Cc2ccccn2)cc1. The van der Waals surface area contributed by atoms with Gasteiger partial charge in [-0.15, -0.1) is 0 Å². The first-order valence-electron chi connectivity index (χ1n) is 12.0. The summed E-state index contributed by atoms with van der Waals surface area (Å²) in [6.07, 6.45) is 1.65. The number of hydrogen-bond donors (Lipinski definition) is 1. The number of aromatic nitrogens is 1. The Morgan fingerprint density at radius 3 is 2.42 bits per heavy atom. The van der Waals surface area contributed by atoms with E-state index in [2.05, 4.69) is 23.7 Å². The summed E-state index contributed by atoms with van der Waals surface area (Å²) in [5.41, 5.74) is 2.99. The van der Waals surface area contributed by atoms with Crippen LogP contribution >= 0.6 is 0 Å². The van der Waals surface area contributed by atoms with Gasteiger partial charge in [0.1, 0.15) is 5.58 Å². The molecule has 2 aromatic heterocycles. The van der Waals surface area contributed by atoms with Crippen molar-refractivity contribution in [2.45, 2.75) is 26.4 Å². The van der Waals surface area contributed by atoms with Gasteiger partial charge < -0.3 is 19.3 Å². The minimum Gasteiger partial charge on any atom is -0.503 e. The molecular weight excluding hydrogens is 454 g/mol. The lowest BCUT2D eigenvalue weighted by atomic mass is 9.94. The van der Waals surface area contributed by atoms with Gasteiger partial charge in [0.2, 0.25) is 5.78 Å². The molecule has 3 heterocycles. The van der Waals surface area contributed by atoms with Crippen molar-refractivity contribution >= 4 is 28.3 Å². The van der Waals surface area contributed by atoms with Crippen LogP contribution in [0.25, 0.3) is 11.0 Å². The maximum absolute atomic E-state index is 13.7. The summed E-state index contributed by atoms with van der Waals surface area (Å²) in [5.74, 6) is -1.61. The van der Waals surface area contributed by atoms with E-state index in [4.69, 9.17) is 4.42 Å². The second kappa shape index (κ2) is 9.70. The van der Waals surface area contributed by atoms with Crippen molar-refractivity contribution in [2.24, 2.45) is 0 Å². The molecular formula is C29H27N3O4. The molecule has 1 unspecified atom stereocenters. The van der Waals surface area contributed by atoms with Gasteiger partial charge in [-0.2, -0.15) is 0 Å². The fourth-order valence-electron chi connectivity index (χ4n) is 4.74.